The van der Waals surface area contributed by atoms with Crippen LogP contribution in [-0.2, 0) is 11.2 Å². The number of halogens is 1. The maximum absolute atomic E-state index is 13.8. The summed E-state index contributed by atoms with van der Waals surface area (Å²) in [4.78, 5) is 26.5. The van der Waals surface area contributed by atoms with Gasteiger partial charge in [0.2, 0.25) is 5.91 Å². The Morgan fingerprint density at radius 1 is 1.07 bits per heavy atom. The van der Waals surface area contributed by atoms with E-state index in [1.54, 1.807) is 43.4 Å². The van der Waals surface area contributed by atoms with Crippen molar-refractivity contribution in [2.24, 2.45) is 0 Å². The maximum Gasteiger partial charge on any atom is 0.256 e. The Morgan fingerprint density at radius 3 is 2.41 bits per heavy atom. The Balaban J connectivity index is 1.51. The molecule has 0 spiro atoms. The molecule has 0 unspecified atom stereocenters. The maximum atomic E-state index is 13.8. The molecular weight excluding hydrogens is 375 g/mol. The number of rotatable bonds is 6. The summed E-state index contributed by atoms with van der Waals surface area (Å²) in [6.07, 6.45) is 1.50. The molecule has 1 aliphatic rings. The molecule has 6 nitrogen and oxygen atoms in total. The summed E-state index contributed by atoms with van der Waals surface area (Å²) in [7, 11) is 3.12. The number of ether oxygens (including phenoxy) is 2. The average molecular weight is 400 g/mol. The second-order valence-corrected chi connectivity index (χ2v) is 6.98. The summed E-state index contributed by atoms with van der Waals surface area (Å²) in [5.74, 6) is 0.290. The average Bonchev–Trinajstić information content (AvgIpc) is 2.74. The molecule has 0 radical (unpaired) electrons. The van der Waals surface area contributed by atoms with Crippen LogP contribution in [0.15, 0.2) is 42.5 Å². The molecule has 2 amide bonds. The van der Waals surface area contributed by atoms with Crippen LogP contribution < -0.4 is 14.8 Å². The fourth-order valence-corrected chi connectivity index (χ4v) is 3.49. The lowest BCUT2D eigenvalue weighted by atomic mass is 10.0. The molecule has 1 aliphatic heterocycles. The van der Waals surface area contributed by atoms with Gasteiger partial charge in [0, 0.05) is 19.1 Å². The van der Waals surface area contributed by atoms with Crippen molar-refractivity contribution < 1.29 is 23.5 Å². The van der Waals surface area contributed by atoms with Crippen molar-refractivity contribution in [2.75, 3.05) is 27.3 Å². The Morgan fingerprint density at radius 2 is 1.76 bits per heavy atom. The number of hydrogen-bond donors (Lipinski definition) is 1. The van der Waals surface area contributed by atoms with Gasteiger partial charge in [-0.15, -0.1) is 0 Å². The third-order valence-electron chi connectivity index (χ3n) is 5.06. The van der Waals surface area contributed by atoms with Crippen molar-refractivity contribution in [1.29, 1.82) is 0 Å². The normalized spacial score (nSPS) is 14.4. The Labute approximate surface area is 169 Å². The van der Waals surface area contributed by atoms with E-state index in [9.17, 15) is 14.0 Å². The van der Waals surface area contributed by atoms with E-state index in [2.05, 4.69) is 5.32 Å². The number of likely N-dealkylation sites (tertiary alicyclic amines) is 1. The number of nitrogens with one attached hydrogen (secondary N) is 1. The van der Waals surface area contributed by atoms with Crippen LogP contribution in [-0.4, -0.2) is 50.1 Å². The van der Waals surface area contributed by atoms with Crippen molar-refractivity contribution in [3.8, 4) is 11.5 Å². The number of carbonyl (C=O) groups excluding carboxylic acids is 2. The van der Waals surface area contributed by atoms with Crippen LogP contribution in [0.1, 0.15) is 28.8 Å². The molecular formula is C22H25FN2O4. The van der Waals surface area contributed by atoms with Crippen molar-refractivity contribution in [2.45, 2.75) is 25.3 Å². The first-order valence-electron chi connectivity index (χ1n) is 9.56. The number of benzene rings is 2. The molecule has 2 aromatic carbocycles. The van der Waals surface area contributed by atoms with E-state index in [-0.39, 0.29) is 29.8 Å². The second-order valence-electron chi connectivity index (χ2n) is 6.98. The van der Waals surface area contributed by atoms with Crippen LogP contribution in [0.3, 0.4) is 0 Å². The Kier molecular flexibility index (Phi) is 6.69. The summed E-state index contributed by atoms with van der Waals surface area (Å²) in [5.41, 5.74) is 0.913. The van der Waals surface area contributed by atoms with Gasteiger partial charge in [-0.3, -0.25) is 9.59 Å². The van der Waals surface area contributed by atoms with Crippen LogP contribution >= 0.6 is 0 Å². The third-order valence-corrected chi connectivity index (χ3v) is 5.06. The van der Waals surface area contributed by atoms with E-state index in [4.69, 9.17) is 9.47 Å². The monoisotopic (exact) mass is 400 g/mol. The van der Waals surface area contributed by atoms with Crippen LogP contribution in [0.25, 0.3) is 0 Å². The standard InChI is InChI=1S/C22H25FN2O4/c1-28-19-8-7-15(13-20(19)29-2)14-21(26)24-16-9-11-25(12-10-16)22(27)17-5-3-4-6-18(17)23/h3-8,13,16H,9-12,14H2,1-2H3,(H,24,26). The van der Waals surface area contributed by atoms with Gasteiger partial charge < -0.3 is 19.7 Å². The predicted molar refractivity (Wildman–Crippen MR) is 107 cm³/mol. The van der Waals surface area contributed by atoms with E-state index < -0.39 is 5.82 Å². The van der Waals surface area contributed by atoms with Crippen LogP contribution in [0.2, 0.25) is 0 Å². The topological polar surface area (TPSA) is 67.9 Å². The van der Waals surface area contributed by atoms with E-state index >= 15 is 0 Å². The minimum absolute atomic E-state index is 0.00712. The lowest BCUT2D eigenvalue weighted by Gasteiger charge is -2.32. The van der Waals surface area contributed by atoms with E-state index in [0.717, 1.165) is 5.56 Å². The largest absolute Gasteiger partial charge is 0.493 e. The first-order chi connectivity index (χ1) is 14.0. The molecule has 3 rings (SSSR count). The van der Waals surface area contributed by atoms with Crippen LogP contribution in [0.4, 0.5) is 4.39 Å². The summed E-state index contributed by atoms with van der Waals surface area (Å²) in [6.45, 7) is 0.961. The van der Waals surface area contributed by atoms with Crippen molar-refractivity contribution in [3.63, 3.8) is 0 Å². The fourth-order valence-electron chi connectivity index (χ4n) is 3.49. The molecule has 1 heterocycles. The highest BCUT2D eigenvalue weighted by molar-refractivity contribution is 5.94. The van der Waals surface area contributed by atoms with Gasteiger partial charge in [-0.25, -0.2) is 4.39 Å². The molecule has 29 heavy (non-hydrogen) atoms. The van der Waals surface area contributed by atoms with Gasteiger partial charge in [0.15, 0.2) is 11.5 Å². The Hall–Kier alpha value is -3.09. The quantitative estimate of drug-likeness (QED) is 0.810. The molecule has 1 saturated heterocycles. The first-order valence-corrected chi connectivity index (χ1v) is 9.56. The van der Waals surface area contributed by atoms with E-state index in [1.165, 1.54) is 12.1 Å². The van der Waals surface area contributed by atoms with Gasteiger partial charge in [0.25, 0.3) is 5.91 Å². The van der Waals surface area contributed by atoms with Gasteiger partial charge in [-0.1, -0.05) is 18.2 Å². The van der Waals surface area contributed by atoms with E-state index in [1.807, 2.05) is 6.07 Å². The number of hydrogen-bond acceptors (Lipinski definition) is 4. The van der Waals surface area contributed by atoms with Gasteiger partial charge in [0.05, 0.1) is 26.2 Å². The molecule has 0 aliphatic carbocycles. The first kappa shape index (κ1) is 20.6. The molecule has 1 N–H and O–H groups in total. The molecule has 0 aromatic heterocycles. The van der Waals surface area contributed by atoms with Gasteiger partial charge >= 0.3 is 0 Å². The minimum Gasteiger partial charge on any atom is -0.493 e. The zero-order chi connectivity index (χ0) is 20.8. The number of carbonyl (C=O) groups is 2. The number of nitrogens with zero attached hydrogens (tertiary/aromatic N) is 1. The zero-order valence-electron chi connectivity index (χ0n) is 16.6. The lowest BCUT2D eigenvalue weighted by Crippen LogP contribution is -2.47. The highest BCUT2D eigenvalue weighted by atomic mass is 19.1. The number of piperidine rings is 1. The highest BCUT2D eigenvalue weighted by Crippen LogP contribution is 2.27. The van der Waals surface area contributed by atoms with Gasteiger partial charge in [0.1, 0.15) is 5.82 Å². The molecule has 0 atom stereocenters. The van der Waals surface area contributed by atoms with Gasteiger partial charge in [-0.2, -0.15) is 0 Å². The van der Waals surface area contributed by atoms with Crippen LogP contribution in [0.5, 0.6) is 11.5 Å². The third kappa shape index (κ3) is 5.04. The molecule has 2 aromatic rings. The highest BCUT2D eigenvalue weighted by Gasteiger charge is 2.26. The zero-order valence-corrected chi connectivity index (χ0v) is 16.6. The minimum atomic E-state index is -0.511. The summed E-state index contributed by atoms with van der Waals surface area (Å²) < 4.78 is 24.3. The summed E-state index contributed by atoms with van der Waals surface area (Å²) >= 11 is 0. The molecule has 0 saturated carbocycles. The summed E-state index contributed by atoms with van der Waals surface area (Å²) in [6, 6.07) is 11.4. The van der Waals surface area contributed by atoms with Crippen molar-refractivity contribution in [1.82, 2.24) is 10.2 Å². The lowest BCUT2D eigenvalue weighted by molar-refractivity contribution is -0.121. The predicted octanol–water partition coefficient (Wildman–Crippen LogP) is 2.81. The molecule has 154 valence electrons. The van der Waals surface area contributed by atoms with Gasteiger partial charge in [-0.05, 0) is 42.7 Å². The molecule has 0 bridgehead atoms. The number of amides is 2. The molecule has 7 heteroatoms. The second kappa shape index (κ2) is 9.41. The summed E-state index contributed by atoms with van der Waals surface area (Å²) in [5, 5.41) is 3.02. The van der Waals surface area contributed by atoms with Crippen molar-refractivity contribution in [3.05, 3.63) is 59.4 Å². The smallest absolute Gasteiger partial charge is 0.256 e. The fraction of sp³-hybridized carbons (Fsp3) is 0.364. The molecule has 1 fully saturated rings. The number of methoxy groups -OCH3 is 2. The van der Waals surface area contributed by atoms with Crippen LogP contribution in [0, 0.1) is 5.82 Å². The SMILES string of the molecule is COc1ccc(CC(=O)NC2CCN(C(=O)c3ccccc3F)CC2)cc1OC. The van der Waals surface area contributed by atoms with Crippen molar-refractivity contribution >= 4 is 11.8 Å². The Bertz CT molecular complexity index is 879. The van der Waals surface area contributed by atoms with E-state index in [0.29, 0.717) is 37.4 Å².